The molecule has 2 rings (SSSR count). The van der Waals surface area contributed by atoms with E-state index in [9.17, 15) is 13.9 Å². The summed E-state index contributed by atoms with van der Waals surface area (Å²) in [6, 6.07) is 8.14. The van der Waals surface area contributed by atoms with Gasteiger partial charge in [0.15, 0.2) is 0 Å². The van der Waals surface area contributed by atoms with Crippen molar-refractivity contribution in [1.82, 2.24) is 0 Å². The quantitative estimate of drug-likeness (QED) is 0.929. The standard InChI is InChI=1S/C16H13F2NO2/c1-9-5-16(13(10(2)20)7-14(9)17)21-12-4-3-11(8-19)15(18)6-12/h3-7,10,20H,1-2H3. The van der Waals surface area contributed by atoms with Crippen LogP contribution in [0.5, 0.6) is 11.5 Å². The smallest absolute Gasteiger partial charge is 0.144 e. The van der Waals surface area contributed by atoms with E-state index >= 15 is 0 Å². The van der Waals surface area contributed by atoms with Gasteiger partial charge in [-0.2, -0.15) is 5.26 Å². The maximum absolute atomic E-state index is 13.6. The number of benzene rings is 2. The molecule has 0 aliphatic rings. The van der Waals surface area contributed by atoms with E-state index in [0.717, 1.165) is 6.07 Å². The van der Waals surface area contributed by atoms with Gasteiger partial charge in [0, 0.05) is 11.6 Å². The van der Waals surface area contributed by atoms with Crippen molar-refractivity contribution in [2.75, 3.05) is 0 Å². The van der Waals surface area contributed by atoms with Crippen LogP contribution in [-0.4, -0.2) is 5.11 Å². The molecule has 2 aromatic rings. The van der Waals surface area contributed by atoms with Gasteiger partial charge >= 0.3 is 0 Å². The Bertz CT molecular complexity index is 721. The van der Waals surface area contributed by atoms with Crippen molar-refractivity contribution >= 4 is 0 Å². The molecule has 0 spiro atoms. The molecule has 0 radical (unpaired) electrons. The first kappa shape index (κ1) is 14.9. The van der Waals surface area contributed by atoms with Crippen molar-refractivity contribution in [3.05, 3.63) is 58.7 Å². The molecule has 1 atom stereocenters. The average molecular weight is 289 g/mol. The number of aliphatic hydroxyl groups is 1. The number of rotatable bonds is 3. The zero-order chi connectivity index (χ0) is 15.6. The Kier molecular flexibility index (Phi) is 4.20. The SMILES string of the molecule is Cc1cc(Oc2ccc(C#N)c(F)c2)c(C(C)O)cc1F. The lowest BCUT2D eigenvalue weighted by Crippen LogP contribution is -1.99. The van der Waals surface area contributed by atoms with Crippen LogP contribution in [0.3, 0.4) is 0 Å². The van der Waals surface area contributed by atoms with E-state index < -0.39 is 17.7 Å². The second kappa shape index (κ2) is 5.90. The molecule has 2 aromatic carbocycles. The zero-order valence-corrected chi connectivity index (χ0v) is 11.5. The molecule has 0 saturated heterocycles. The first-order valence-electron chi connectivity index (χ1n) is 6.28. The van der Waals surface area contributed by atoms with Gasteiger partial charge in [0.05, 0.1) is 11.7 Å². The Morgan fingerprint density at radius 2 is 1.90 bits per heavy atom. The summed E-state index contributed by atoms with van der Waals surface area (Å²) in [6.45, 7) is 3.05. The van der Waals surface area contributed by atoms with Crippen LogP contribution < -0.4 is 4.74 Å². The number of aliphatic hydroxyl groups excluding tert-OH is 1. The lowest BCUT2D eigenvalue weighted by atomic mass is 10.1. The lowest BCUT2D eigenvalue weighted by Gasteiger charge is -2.15. The molecule has 1 N–H and O–H groups in total. The van der Waals surface area contributed by atoms with Gasteiger partial charge in [-0.05, 0) is 43.7 Å². The summed E-state index contributed by atoms with van der Waals surface area (Å²) in [5.74, 6) is -0.746. The van der Waals surface area contributed by atoms with Gasteiger partial charge in [0.25, 0.3) is 0 Å². The molecule has 108 valence electrons. The minimum absolute atomic E-state index is 0.0895. The van der Waals surface area contributed by atoms with E-state index in [1.807, 2.05) is 0 Å². The molecule has 5 heteroatoms. The van der Waals surface area contributed by atoms with E-state index in [4.69, 9.17) is 10.00 Å². The van der Waals surface area contributed by atoms with Crippen LogP contribution in [0.25, 0.3) is 0 Å². The van der Waals surface area contributed by atoms with Gasteiger partial charge in [-0.25, -0.2) is 8.78 Å². The molecule has 1 unspecified atom stereocenters. The summed E-state index contributed by atoms with van der Waals surface area (Å²) in [7, 11) is 0. The second-order valence-corrected chi connectivity index (χ2v) is 4.67. The highest BCUT2D eigenvalue weighted by atomic mass is 19.1. The molecule has 0 fully saturated rings. The van der Waals surface area contributed by atoms with Gasteiger partial charge in [-0.3, -0.25) is 0 Å². The molecule has 0 saturated carbocycles. The summed E-state index contributed by atoms with van der Waals surface area (Å²) >= 11 is 0. The molecule has 0 amide bonds. The van der Waals surface area contributed by atoms with Crippen LogP contribution in [0, 0.1) is 29.9 Å². The van der Waals surface area contributed by atoms with Crippen molar-refractivity contribution in [3.63, 3.8) is 0 Å². The van der Waals surface area contributed by atoms with Crippen LogP contribution in [0.1, 0.15) is 29.7 Å². The molecule has 0 aliphatic heterocycles. The van der Waals surface area contributed by atoms with Gasteiger partial charge in [0.1, 0.15) is 29.2 Å². The number of nitrogens with zero attached hydrogens (tertiary/aromatic N) is 1. The van der Waals surface area contributed by atoms with Gasteiger partial charge in [-0.1, -0.05) is 0 Å². The maximum Gasteiger partial charge on any atom is 0.144 e. The van der Waals surface area contributed by atoms with E-state index in [0.29, 0.717) is 5.56 Å². The fourth-order valence-electron chi connectivity index (χ4n) is 1.86. The predicted octanol–water partition coefficient (Wildman–Crippen LogP) is 3.99. The lowest BCUT2D eigenvalue weighted by molar-refractivity contribution is 0.195. The van der Waals surface area contributed by atoms with Gasteiger partial charge in [-0.15, -0.1) is 0 Å². The number of hydrogen-bond acceptors (Lipinski definition) is 3. The third kappa shape index (κ3) is 3.18. The molecule has 0 aliphatic carbocycles. The molecule has 3 nitrogen and oxygen atoms in total. The highest BCUT2D eigenvalue weighted by Crippen LogP contribution is 2.32. The Morgan fingerprint density at radius 3 is 2.48 bits per heavy atom. The van der Waals surface area contributed by atoms with Gasteiger partial charge < -0.3 is 9.84 Å². The van der Waals surface area contributed by atoms with Crippen LogP contribution in [0.2, 0.25) is 0 Å². The fraction of sp³-hybridized carbons (Fsp3) is 0.188. The summed E-state index contributed by atoms with van der Waals surface area (Å²) < 4.78 is 32.6. The fourth-order valence-corrected chi connectivity index (χ4v) is 1.86. The minimum Gasteiger partial charge on any atom is -0.457 e. The normalized spacial score (nSPS) is 11.8. The zero-order valence-electron chi connectivity index (χ0n) is 11.5. The van der Waals surface area contributed by atoms with E-state index in [2.05, 4.69) is 0 Å². The summed E-state index contributed by atoms with van der Waals surface area (Å²) in [5, 5.41) is 18.3. The van der Waals surface area contributed by atoms with Gasteiger partial charge in [0.2, 0.25) is 0 Å². The molecule has 0 aromatic heterocycles. The monoisotopic (exact) mass is 289 g/mol. The third-order valence-corrected chi connectivity index (χ3v) is 3.03. The number of aryl methyl sites for hydroxylation is 1. The Hall–Kier alpha value is -2.45. The molecule has 0 heterocycles. The topological polar surface area (TPSA) is 53.2 Å². The highest BCUT2D eigenvalue weighted by molar-refractivity contribution is 5.44. The molecular formula is C16H13F2NO2. The molecule has 0 bridgehead atoms. The molecular weight excluding hydrogens is 276 g/mol. The number of nitriles is 1. The van der Waals surface area contributed by atoms with Crippen molar-refractivity contribution in [3.8, 4) is 17.6 Å². The van der Waals surface area contributed by atoms with E-state index in [-0.39, 0.29) is 22.6 Å². The predicted molar refractivity (Wildman–Crippen MR) is 73.0 cm³/mol. The van der Waals surface area contributed by atoms with E-state index in [1.165, 1.54) is 31.2 Å². The average Bonchev–Trinajstić information content (AvgIpc) is 2.42. The first-order valence-corrected chi connectivity index (χ1v) is 6.28. The highest BCUT2D eigenvalue weighted by Gasteiger charge is 2.14. The number of ether oxygens (including phenoxy) is 1. The van der Waals surface area contributed by atoms with Crippen LogP contribution in [0.15, 0.2) is 30.3 Å². The van der Waals surface area contributed by atoms with Crippen LogP contribution in [0.4, 0.5) is 8.78 Å². The summed E-state index contributed by atoms with van der Waals surface area (Å²) in [5.41, 5.74) is 0.528. The largest absolute Gasteiger partial charge is 0.457 e. The van der Waals surface area contributed by atoms with Crippen molar-refractivity contribution < 1.29 is 18.6 Å². The summed E-state index contributed by atoms with van der Waals surface area (Å²) in [4.78, 5) is 0. The van der Waals surface area contributed by atoms with Crippen molar-refractivity contribution in [2.24, 2.45) is 0 Å². The Balaban J connectivity index is 2.42. The van der Waals surface area contributed by atoms with E-state index in [1.54, 1.807) is 13.0 Å². The van der Waals surface area contributed by atoms with Crippen LogP contribution >= 0.6 is 0 Å². The maximum atomic E-state index is 13.6. The Labute approximate surface area is 121 Å². The Morgan fingerprint density at radius 1 is 1.19 bits per heavy atom. The third-order valence-electron chi connectivity index (χ3n) is 3.03. The summed E-state index contributed by atoms with van der Waals surface area (Å²) in [6.07, 6.45) is -0.932. The number of halogens is 2. The van der Waals surface area contributed by atoms with Crippen LogP contribution in [-0.2, 0) is 0 Å². The second-order valence-electron chi connectivity index (χ2n) is 4.67. The van der Waals surface area contributed by atoms with Crippen molar-refractivity contribution in [1.29, 1.82) is 5.26 Å². The first-order chi connectivity index (χ1) is 9.92. The number of hydrogen-bond donors (Lipinski definition) is 1. The molecule has 21 heavy (non-hydrogen) atoms. The minimum atomic E-state index is -0.932. The van der Waals surface area contributed by atoms with Crippen molar-refractivity contribution in [2.45, 2.75) is 20.0 Å².